The van der Waals surface area contributed by atoms with Crippen molar-refractivity contribution in [2.45, 2.75) is 33.0 Å². The number of hydrogen-bond acceptors (Lipinski definition) is 4. The van der Waals surface area contributed by atoms with Crippen molar-refractivity contribution in [3.05, 3.63) is 51.8 Å². The first-order chi connectivity index (χ1) is 11.5. The van der Waals surface area contributed by atoms with Crippen molar-refractivity contribution in [1.29, 1.82) is 0 Å². The molecular weight excluding hydrogens is 324 g/mol. The SMILES string of the molecule is Cc1nn(Cc2ccc(Cl)cc2)c(C)c1CNCC1CNCC1O. The number of aromatic nitrogens is 2. The second kappa shape index (κ2) is 7.66. The molecule has 1 aromatic carbocycles. The Morgan fingerprint density at radius 2 is 2.04 bits per heavy atom. The molecule has 1 saturated heterocycles. The maximum Gasteiger partial charge on any atom is 0.0716 e. The van der Waals surface area contributed by atoms with Crippen molar-refractivity contribution in [2.75, 3.05) is 19.6 Å². The van der Waals surface area contributed by atoms with E-state index in [-0.39, 0.29) is 12.0 Å². The normalized spacial score (nSPS) is 20.7. The number of β-amino-alcohol motifs (C(OH)–C–C–N with tert-alkyl or cyclic N) is 1. The summed E-state index contributed by atoms with van der Waals surface area (Å²) < 4.78 is 2.04. The first-order valence-corrected chi connectivity index (χ1v) is 8.79. The molecule has 6 heteroatoms. The molecule has 0 amide bonds. The van der Waals surface area contributed by atoms with Gasteiger partial charge in [0.15, 0.2) is 0 Å². The van der Waals surface area contributed by atoms with Crippen LogP contribution in [0, 0.1) is 19.8 Å². The number of aliphatic hydroxyl groups is 1. The highest BCUT2D eigenvalue weighted by Gasteiger charge is 2.24. The summed E-state index contributed by atoms with van der Waals surface area (Å²) in [5.41, 5.74) is 4.66. The zero-order valence-electron chi connectivity index (χ0n) is 14.2. The van der Waals surface area contributed by atoms with Crippen LogP contribution in [0.15, 0.2) is 24.3 Å². The smallest absolute Gasteiger partial charge is 0.0716 e. The fourth-order valence-corrected chi connectivity index (χ4v) is 3.34. The van der Waals surface area contributed by atoms with E-state index in [4.69, 9.17) is 11.6 Å². The van der Waals surface area contributed by atoms with Crippen LogP contribution < -0.4 is 10.6 Å². The van der Waals surface area contributed by atoms with Gasteiger partial charge in [0.05, 0.1) is 18.3 Å². The number of halogens is 1. The lowest BCUT2D eigenvalue weighted by Gasteiger charge is -2.14. The van der Waals surface area contributed by atoms with Crippen molar-refractivity contribution in [2.24, 2.45) is 5.92 Å². The molecule has 3 N–H and O–H groups in total. The molecule has 3 rings (SSSR count). The minimum Gasteiger partial charge on any atom is -0.391 e. The summed E-state index contributed by atoms with van der Waals surface area (Å²) in [5, 5.41) is 22.0. The van der Waals surface area contributed by atoms with E-state index in [9.17, 15) is 5.11 Å². The van der Waals surface area contributed by atoms with E-state index < -0.39 is 0 Å². The number of hydrogen-bond donors (Lipinski definition) is 3. The van der Waals surface area contributed by atoms with Crippen LogP contribution >= 0.6 is 11.6 Å². The Labute approximate surface area is 148 Å². The third-order valence-electron chi connectivity index (χ3n) is 4.79. The Hall–Kier alpha value is -1.40. The molecule has 2 atom stereocenters. The predicted molar refractivity (Wildman–Crippen MR) is 96.3 cm³/mol. The van der Waals surface area contributed by atoms with Gasteiger partial charge in [0, 0.05) is 48.4 Å². The topological polar surface area (TPSA) is 62.1 Å². The Morgan fingerprint density at radius 3 is 2.71 bits per heavy atom. The molecule has 1 aliphatic rings. The molecule has 0 bridgehead atoms. The van der Waals surface area contributed by atoms with E-state index in [1.807, 2.05) is 35.9 Å². The zero-order valence-corrected chi connectivity index (χ0v) is 15.0. The van der Waals surface area contributed by atoms with Gasteiger partial charge in [-0.3, -0.25) is 4.68 Å². The summed E-state index contributed by atoms with van der Waals surface area (Å²) >= 11 is 5.94. The maximum atomic E-state index is 9.85. The van der Waals surface area contributed by atoms with Gasteiger partial charge in [-0.2, -0.15) is 5.10 Å². The lowest BCUT2D eigenvalue weighted by molar-refractivity contribution is 0.146. The van der Waals surface area contributed by atoms with E-state index in [2.05, 4.69) is 22.7 Å². The molecule has 0 aliphatic carbocycles. The fourth-order valence-electron chi connectivity index (χ4n) is 3.22. The molecule has 0 saturated carbocycles. The van der Waals surface area contributed by atoms with Crippen molar-refractivity contribution in [1.82, 2.24) is 20.4 Å². The van der Waals surface area contributed by atoms with Gasteiger partial charge in [0.2, 0.25) is 0 Å². The number of rotatable bonds is 6. The Bertz CT molecular complexity index is 683. The van der Waals surface area contributed by atoms with Crippen LogP contribution in [-0.2, 0) is 13.1 Å². The molecule has 2 unspecified atom stereocenters. The summed E-state index contributed by atoms with van der Waals surface area (Å²) in [5.74, 6) is 0.287. The first-order valence-electron chi connectivity index (χ1n) is 8.41. The van der Waals surface area contributed by atoms with Crippen molar-refractivity contribution in [3.63, 3.8) is 0 Å². The van der Waals surface area contributed by atoms with Gasteiger partial charge < -0.3 is 15.7 Å². The largest absolute Gasteiger partial charge is 0.391 e. The highest BCUT2D eigenvalue weighted by atomic mass is 35.5. The van der Waals surface area contributed by atoms with Gasteiger partial charge in [-0.05, 0) is 31.5 Å². The number of nitrogens with zero attached hydrogens (tertiary/aromatic N) is 2. The zero-order chi connectivity index (χ0) is 17.1. The molecule has 2 aromatic rings. The quantitative estimate of drug-likeness (QED) is 0.746. The first kappa shape index (κ1) is 17.4. The summed E-state index contributed by atoms with van der Waals surface area (Å²) in [6.45, 7) is 8.07. The molecule has 0 radical (unpaired) electrons. The maximum absolute atomic E-state index is 9.85. The Morgan fingerprint density at radius 1 is 1.29 bits per heavy atom. The Balaban J connectivity index is 1.62. The molecule has 1 aliphatic heterocycles. The van der Waals surface area contributed by atoms with Gasteiger partial charge >= 0.3 is 0 Å². The van der Waals surface area contributed by atoms with Crippen LogP contribution in [0.3, 0.4) is 0 Å². The minimum absolute atomic E-state index is 0.243. The summed E-state index contributed by atoms with van der Waals surface area (Å²) in [7, 11) is 0. The van der Waals surface area contributed by atoms with Gasteiger partial charge in [-0.25, -0.2) is 0 Å². The van der Waals surface area contributed by atoms with Gasteiger partial charge in [-0.1, -0.05) is 23.7 Å². The van der Waals surface area contributed by atoms with Crippen LogP contribution in [0.2, 0.25) is 5.02 Å². The van der Waals surface area contributed by atoms with Gasteiger partial charge in [-0.15, -0.1) is 0 Å². The number of aliphatic hydroxyl groups excluding tert-OH is 1. The molecule has 1 aromatic heterocycles. The van der Waals surface area contributed by atoms with E-state index in [0.29, 0.717) is 6.54 Å². The monoisotopic (exact) mass is 348 g/mol. The number of nitrogens with one attached hydrogen (secondary N) is 2. The van der Waals surface area contributed by atoms with Gasteiger partial charge in [0.1, 0.15) is 0 Å². The standard InChI is InChI=1S/C18H25ClN4O/c1-12-17(9-20-7-15-8-21-10-18(15)24)13(2)23(22-12)11-14-3-5-16(19)6-4-14/h3-6,15,18,20-21,24H,7-11H2,1-2H3. The average molecular weight is 349 g/mol. The van der Waals surface area contributed by atoms with Crippen LogP contribution in [-0.4, -0.2) is 40.6 Å². The third-order valence-corrected chi connectivity index (χ3v) is 5.04. The highest BCUT2D eigenvalue weighted by Crippen LogP contribution is 2.16. The highest BCUT2D eigenvalue weighted by molar-refractivity contribution is 6.30. The van der Waals surface area contributed by atoms with E-state index >= 15 is 0 Å². The molecule has 2 heterocycles. The van der Waals surface area contributed by atoms with Crippen LogP contribution in [0.25, 0.3) is 0 Å². The minimum atomic E-state index is -0.243. The molecule has 5 nitrogen and oxygen atoms in total. The summed E-state index contributed by atoms with van der Waals surface area (Å²) in [6.07, 6.45) is -0.243. The summed E-state index contributed by atoms with van der Waals surface area (Å²) in [6, 6.07) is 7.88. The van der Waals surface area contributed by atoms with E-state index in [1.165, 1.54) is 16.8 Å². The number of aryl methyl sites for hydroxylation is 1. The Kier molecular flexibility index (Phi) is 5.56. The van der Waals surface area contributed by atoms with E-state index in [1.54, 1.807) is 0 Å². The lowest BCUT2D eigenvalue weighted by Crippen LogP contribution is -2.30. The van der Waals surface area contributed by atoms with Crippen LogP contribution in [0.4, 0.5) is 0 Å². The number of benzene rings is 1. The molecular formula is C18H25ClN4O. The third kappa shape index (κ3) is 3.98. The van der Waals surface area contributed by atoms with E-state index in [0.717, 1.165) is 36.9 Å². The van der Waals surface area contributed by atoms with Crippen molar-refractivity contribution in [3.8, 4) is 0 Å². The second-order valence-electron chi connectivity index (χ2n) is 6.55. The van der Waals surface area contributed by atoms with Crippen molar-refractivity contribution >= 4 is 11.6 Å². The second-order valence-corrected chi connectivity index (χ2v) is 6.99. The average Bonchev–Trinajstić information content (AvgIpc) is 3.08. The molecule has 130 valence electrons. The molecule has 0 spiro atoms. The van der Waals surface area contributed by atoms with Gasteiger partial charge in [0.25, 0.3) is 0 Å². The predicted octanol–water partition coefficient (Wildman–Crippen LogP) is 1.87. The summed E-state index contributed by atoms with van der Waals surface area (Å²) in [4.78, 5) is 0. The molecule has 1 fully saturated rings. The lowest BCUT2D eigenvalue weighted by atomic mass is 10.1. The fraction of sp³-hybridized carbons (Fsp3) is 0.500. The molecule has 24 heavy (non-hydrogen) atoms. The van der Waals surface area contributed by atoms with Crippen LogP contribution in [0.1, 0.15) is 22.5 Å². The van der Waals surface area contributed by atoms with Crippen LogP contribution in [0.5, 0.6) is 0 Å². The van der Waals surface area contributed by atoms with Crippen molar-refractivity contribution < 1.29 is 5.11 Å².